The molecule has 2 aromatic rings. The van der Waals surface area contributed by atoms with Crippen molar-refractivity contribution in [3.05, 3.63) is 53.6 Å². The Hall–Kier alpha value is -2.73. The van der Waals surface area contributed by atoms with Gasteiger partial charge < -0.3 is 23.8 Å². The molecule has 3 aliphatic rings. The summed E-state index contributed by atoms with van der Waals surface area (Å²) in [6.07, 6.45) is 1.30. The van der Waals surface area contributed by atoms with Gasteiger partial charge in [-0.1, -0.05) is 18.2 Å². The van der Waals surface area contributed by atoms with Gasteiger partial charge in [0.15, 0.2) is 11.5 Å². The quantitative estimate of drug-likeness (QED) is 0.789. The van der Waals surface area contributed by atoms with Gasteiger partial charge in [0.05, 0.1) is 6.61 Å². The summed E-state index contributed by atoms with van der Waals surface area (Å²) >= 11 is 0. The molecule has 0 atom stereocenters. The molecular formula is C20H19NO5. The number of piperidine rings is 1. The summed E-state index contributed by atoms with van der Waals surface area (Å²) < 4.78 is 22.9. The number of hydrogen-bond donors (Lipinski definition) is 0. The van der Waals surface area contributed by atoms with Crippen LogP contribution in [-0.4, -0.2) is 36.5 Å². The molecule has 0 N–H and O–H groups in total. The van der Waals surface area contributed by atoms with Crippen LogP contribution in [0.5, 0.6) is 17.2 Å². The minimum Gasteiger partial charge on any atom is -0.462 e. The third-order valence-corrected chi connectivity index (χ3v) is 5.19. The van der Waals surface area contributed by atoms with Crippen LogP contribution in [-0.2, 0) is 11.3 Å². The highest BCUT2D eigenvalue weighted by Gasteiger charge is 2.42. The average Bonchev–Trinajstić information content (AvgIpc) is 3.16. The molecule has 134 valence electrons. The third kappa shape index (κ3) is 2.57. The Morgan fingerprint density at radius 3 is 2.65 bits per heavy atom. The Bertz CT molecular complexity index is 857. The second-order valence-corrected chi connectivity index (χ2v) is 6.77. The fourth-order valence-corrected chi connectivity index (χ4v) is 3.67. The number of ether oxygens (including phenoxy) is 4. The number of rotatable bonds is 1. The minimum atomic E-state index is -0.625. The maximum atomic E-state index is 12.8. The number of amides is 1. The van der Waals surface area contributed by atoms with Crippen molar-refractivity contribution in [1.82, 2.24) is 4.90 Å². The van der Waals surface area contributed by atoms with E-state index in [0.717, 1.165) is 11.3 Å². The molecule has 6 nitrogen and oxygen atoms in total. The maximum Gasteiger partial charge on any atom is 0.254 e. The van der Waals surface area contributed by atoms with Gasteiger partial charge in [-0.3, -0.25) is 4.79 Å². The summed E-state index contributed by atoms with van der Waals surface area (Å²) in [4.78, 5) is 14.7. The van der Waals surface area contributed by atoms with Gasteiger partial charge >= 0.3 is 0 Å². The SMILES string of the molecule is O=C(c1ccc2c(c1)OCO2)N1CCC2(CC1)OCc1ccccc1O2. The number of likely N-dealkylation sites (tertiary alicyclic amines) is 1. The van der Waals surface area contributed by atoms with Crippen LogP contribution in [0.2, 0.25) is 0 Å². The van der Waals surface area contributed by atoms with Crippen molar-refractivity contribution < 1.29 is 23.7 Å². The number of para-hydroxylation sites is 1. The molecule has 1 spiro atoms. The summed E-state index contributed by atoms with van der Waals surface area (Å²) in [5.74, 6) is 1.56. The molecule has 1 fully saturated rings. The normalized spacial score (nSPS) is 19.8. The predicted molar refractivity (Wildman–Crippen MR) is 92.3 cm³/mol. The van der Waals surface area contributed by atoms with E-state index in [2.05, 4.69) is 0 Å². The van der Waals surface area contributed by atoms with Crippen LogP contribution in [0.25, 0.3) is 0 Å². The van der Waals surface area contributed by atoms with Gasteiger partial charge in [-0.25, -0.2) is 0 Å². The number of hydrogen-bond acceptors (Lipinski definition) is 5. The number of fused-ring (bicyclic) bond motifs is 2. The summed E-state index contributed by atoms with van der Waals surface area (Å²) in [5, 5.41) is 0. The highest BCUT2D eigenvalue weighted by atomic mass is 16.7. The average molecular weight is 353 g/mol. The van der Waals surface area contributed by atoms with E-state index in [1.54, 1.807) is 18.2 Å². The van der Waals surface area contributed by atoms with Crippen molar-refractivity contribution in [2.75, 3.05) is 19.9 Å². The molecule has 0 aromatic heterocycles. The first kappa shape index (κ1) is 15.5. The monoisotopic (exact) mass is 353 g/mol. The molecule has 1 amide bonds. The van der Waals surface area contributed by atoms with E-state index in [9.17, 15) is 4.79 Å². The fraction of sp³-hybridized carbons (Fsp3) is 0.350. The molecule has 6 heteroatoms. The van der Waals surface area contributed by atoms with E-state index in [0.29, 0.717) is 49.6 Å². The molecule has 0 aliphatic carbocycles. The van der Waals surface area contributed by atoms with Crippen LogP contribution in [0.4, 0.5) is 0 Å². The second kappa shape index (κ2) is 5.92. The molecular weight excluding hydrogens is 334 g/mol. The number of nitrogens with zero attached hydrogens (tertiary/aromatic N) is 1. The lowest BCUT2D eigenvalue weighted by Crippen LogP contribution is -2.52. The number of carbonyl (C=O) groups excluding carboxylic acids is 1. The van der Waals surface area contributed by atoms with Gasteiger partial charge in [0.25, 0.3) is 5.91 Å². The van der Waals surface area contributed by atoms with Gasteiger partial charge in [-0.2, -0.15) is 0 Å². The second-order valence-electron chi connectivity index (χ2n) is 6.77. The maximum absolute atomic E-state index is 12.8. The third-order valence-electron chi connectivity index (χ3n) is 5.19. The Labute approximate surface area is 151 Å². The van der Waals surface area contributed by atoms with Crippen molar-refractivity contribution in [2.24, 2.45) is 0 Å². The van der Waals surface area contributed by atoms with Crippen LogP contribution in [0.1, 0.15) is 28.8 Å². The van der Waals surface area contributed by atoms with Crippen molar-refractivity contribution >= 4 is 5.91 Å². The Morgan fingerprint density at radius 2 is 1.77 bits per heavy atom. The minimum absolute atomic E-state index is 0.00522. The molecule has 2 aromatic carbocycles. The van der Waals surface area contributed by atoms with Gasteiger partial charge in [-0.15, -0.1) is 0 Å². The standard InChI is InChI=1S/C20H19NO5/c22-19(14-5-6-17-18(11-14)24-13-23-17)21-9-7-20(8-10-21)25-12-15-3-1-2-4-16(15)26-20/h1-6,11H,7-10,12-13H2. The number of carbonyl (C=O) groups is 1. The molecule has 26 heavy (non-hydrogen) atoms. The Balaban J connectivity index is 1.28. The first-order valence-corrected chi connectivity index (χ1v) is 8.82. The Kier molecular flexibility index (Phi) is 3.53. The van der Waals surface area contributed by atoms with Crippen LogP contribution < -0.4 is 14.2 Å². The van der Waals surface area contributed by atoms with Crippen LogP contribution >= 0.6 is 0 Å². The molecule has 3 aliphatic heterocycles. The van der Waals surface area contributed by atoms with Gasteiger partial charge in [0.2, 0.25) is 12.6 Å². The Morgan fingerprint density at radius 1 is 0.962 bits per heavy atom. The van der Waals surface area contributed by atoms with Gasteiger partial charge in [-0.05, 0) is 24.3 Å². The molecule has 0 saturated carbocycles. The van der Waals surface area contributed by atoms with E-state index in [1.165, 1.54) is 0 Å². The summed E-state index contributed by atoms with van der Waals surface area (Å²) in [7, 11) is 0. The largest absolute Gasteiger partial charge is 0.462 e. The van der Waals surface area contributed by atoms with Crippen LogP contribution in [0.15, 0.2) is 42.5 Å². The lowest BCUT2D eigenvalue weighted by atomic mass is 10.0. The van der Waals surface area contributed by atoms with Crippen molar-refractivity contribution in [3.8, 4) is 17.2 Å². The first-order valence-electron chi connectivity index (χ1n) is 8.82. The zero-order valence-electron chi connectivity index (χ0n) is 14.3. The first-order chi connectivity index (χ1) is 12.7. The highest BCUT2D eigenvalue weighted by molar-refractivity contribution is 5.95. The topological polar surface area (TPSA) is 57.2 Å². The van der Waals surface area contributed by atoms with Crippen LogP contribution in [0.3, 0.4) is 0 Å². The molecule has 1 saturated heterocycles. The summed E-state index contributed by atoms with van der Waals surface area (Å²) in [5.41, 5.74) is 1.68. The fourth-order valence-electron chi connectivity index (χ4n) is 3.67. The zero-order valence-corrected chi connectivity index (χ0v) is 14.3. The van der Waals surface area contributed by atoms with Crippen molar-refractivity contribution in [3.63, 3.8) is 0 Å². The molecule has 0 unspecified atom stereocenters. The summed E-state index contributed by atoms with van der Waals surface area (Å²) in [6, 6.07) is 13.3. The van der Waals surface area contributed by atoms with Crippen LogP contribution in [0, 0.1) is 0 Å². The van der Waals surface area contributed by atoms with Crippen molar-refractivity contribution in [1.29, 1.82) is 0 Å². The summed E-state index contributed by atoms with van der Waals surface area (Å²) in [6.45, 7) is 1.94. The van der Waals surface area contributed by atoms with E-state index >= 15 is 0 Å². The lowest BCUT2D eigenvalue weighted by Gasteiger charge is -2.44. The van der Waals surface area contributed by atoms with E-state index in [1.807, 2.05) is 29.2 Å². The van der Waals surface area contributed by atoms with E-state index < -0.39 is 5.79 Å². The predicted octanol–water partition coefficient (Wildman–Crippen LogP) is 2.96. The van der Waals surface area contributed by atoms with Gasteiger partial charge in [0, 0.05) is 37.1 Å². The smallest absolute Gasteiger partial charge is 0.254 e. The molecule has 3 heterocycles. The number of benzene rings is 2. The van der Waals surface area contributed by atoms with Gasteiger partial charge in [0.1, 0.15) is 5.75 Å². The molecule has 0 radical (unpaired) electrons. The molecule has 0 bridgehead atoms. The zero-order chi connectivity index (χ0) is 17.6. The highest BCUT2D eigenvalue weighted by Crippen LogP contribution is 2.38. The van der Waals surface area contributed by atoms with Crippen molar-refractivity contribution in [2.45, 2.75) is 25.2 Å². The lowest BCUT2D eigenvalue weighted by molar-refractivity contribution is -0.225. The molecule has 5 rings (SSSR count). The van der Waals surface area contributed by atoms with E-state index in [-0.39, 0.29) is 12.7 Å². The van der Waals surface area contributed by atoms with E-state index in [4.69, 9.17) is 18.9 Å².